The molecule has 2 fully saturated rings. The molecule has 5 rings (SSSR count). The fourth-order valence-electron chi connectivity index (χ4n) is 6.01. The highest BCUT2D eigenvalue weighted by Crippen LogP contribution is 2.46. The van der Waals surface area contributed by atoms with Gasteiger partial charge in [0.2, 0.25) is 5.91 Å². The molecule has 2 amide bonds. The number of ether oxygens (including phenoxy) is 2. The van der Waals surface area contributed by atoms with Crippen molar-refractivity contribution >= 4 is 12.0 Å². The number of pyridine rings is 1. The van der Waals surface area contributed by atoms with Gasteiger partial charge in [-0.05, 0) is 107 Å². The van der Waals surface area contributed by atoms with E-state index in [4.69, 9.17) is 14.6 Å². The minimum absolute atomic E-state index is 0.0524. The number of nitrogens with zero attached hydrogens (tertiary/aromatic N) is 1. The number of carbonyl (C=O) groups excluding carboxylic acids is 1. The number of carbonyl (C=O) groups is 2. The Labute approximate surface area is 267 Å². The van der Waals surface area contributed by atoms with Gasteiger partial charge in [0, 0.05) is 43.0 Å². The molecule has 10 nitrogen and oxygen atoms in total. The molecule has 2 aromatic carbocycles. The Kier molecular flexibility index (Phi) is 9.17. The van der Waals surface area contributed by atoms with Gasteiger partial charge in [0.15, 0.2) is 0 Å². The summed E-state index contributed by atoms with van der Waals surface area (Å²) in [5.41, 5.74) is 0.996. The summed E-state index contributed by atoms with van der Waals surface area (Å²) in [6.07, 6.45) is 4.26. The van der Waals surface area contributed by atoms with Gasteiger partial charge >= 0.3 is 6.09 Å². The zero-order valence-corrected chi connectivity index (χ0v) is 26.9. The lowest BCUT2D eigenvalue weighted by Gasteiger charge is -2.31. The van der Waals surface area contributed by atoms with Gasteiger partial charge in [0.1, 0.15) is 23.1 Å². The van der Waals surface area contributed by atoms with Crippen molar-refractivity contribution in [3.8, 4) is 28.4 Å². The highest BCUT2D eigenvalue weighted by atomic mass is 19.1. The number of hydrogen-bond donors (Lipinski definition) is 4. The molecule has 1 aromatic heterocycles. The molecule has 1 heterocycles. The smallest absolute Gasteiger partial charge is 0.404 e. The Morgan fingerprint density at radius 2 is 1.67 bits per heavy atom. The molecule has 0 radical (unpaired) electrons. The molecule has 0 bridgehead atoms. The monoisotopic (exact) mass is 635 g/mol. The second-order valence-electron chi connectivity index (χ2n) is 13.2. The van der Waals surface area contributed by atoms with E-state index in [2.05, 4.69) is 10.6 Å². The first-order valence-corrected chi connectivity index (χ1v) is 15.6. The molecule has 2 aliphatic carbocycles. The van der Waals surface area contributed by atoms with Gasteiger partial charge in [0.25, 0.3) is 5.56 Å². The van der Waals surface area contributed by atoms with E-state index in [9.17, 15) is 23.9 Å². The summed E-state index contributed by atoms with van der Waals surface area (Å²) in [4.78, 5) is 36.7. The van der Waals surface area contributed by atoms with E-state index in [-0.39, 0.29) is 36.0 Å². The first-order chi connectivity index (χ1) is 21.6. The number of aryl methyl sites for hydroxylation is 3. The normalized spacial score (nSPS) is 18.8. The average molecular weight is 636 g/mol. The number of aliphatic hydroxyl groups is 1. The molecular formula is C35H42FN3O7. The van der Waals surface area contributed by atoms with Crippen LogP contribution in [0.3, 0.4) is 0 Å². The van der Waals surface area contributed by atoms with E-state index in [0.717, 1.165) is 0 Å². The van der Waals surface area contributed by atoms with Gasteiger partial charge in [-0.3, -0.25) is 9.59 Å². The molecule has 2 saturated carbocycles. The number of hydrogen-bond acceptors (Lipinski definition) is 6. The summed E-state index contributed by atoms with van der Waals surface area (Å²) < 4.78 is 28.4. The topological polar surface area (TPSA) is 139 Å². The highest BCUT2D eigenvalue weighted by Gasteiger charge is 2.50. The maximum Gasteiger partial charge on any atom is 0.404 e. The maximum atomic E-state index is 14.1. The van der Waals surface area contributed by atoms with Crippen LogP contribution in [0.1, 0.15) is 69.1 Å². The molecule has 4 N–H and O–H groups in total. The van der Waals surface area contributed by atoms with Crippen LogP contribution in [-0.2, 0) is 17.4 Å². The second-order valence-corrected chi connectivity index (χ2v) is 13.2. The molecule has 0 unspecified atom stereocenters. The molecule has 0 saturated heterocycles. The van der Waals surface area contributed by atoms with Crippen molar-refractivity contribution in [2.75, 3.05) is 6.54 Å². The van der Waals surface area contributed by atoms with Crippen LogP contribution in [0.25, 0.3) is 11.1 Å². The molecule has 0 aliphatic heterocycles. The average Bonchev–Trinajstić information content (AvgIpc) is 3.78. The molecule has 46 heavy (non-hydrogen) atoms. The molecule has 11 heteroatoms. The fraction of sp³-hybridized carbons (Fsp3) is 0.457. The lowest BCUT2D eigenvalue weighted by molar-refractivity contribution is -0.127. The Balaban J connectivity index is 1.39. The Morgan fingerprint density at radius 1 is 1.02 bits per heavy atom. The van der Waals surface area contributed by atoms with Gasteiger partial charge in [0.05, 0.1) is 17.1 Å². The summed E-state index contributed by atoms with van der Waals surface area (Å²) in [7, 11) is 1.65. The van der Waals surface area contributed by atoms with Gasteiger partial charge < -0.3 is 34.9 Å². The Hall–Kier alpha value is -4.38. The minimum Gasteiger partial charge on any atom is -0.490 e. The standard InChI is InChI=1S/C35H42FN3O7/c1-20-14-23(36)15-21(2)31(20)46-28-11-6-22(34(3,4)44)16-26(28)27-18-39(5)30(40)17-29(27)45-25-9-7-24(8-10-25)38-32(41)35(12-13-35)19-37-33(42)43/h6,11,14-18,24-25,37,44H,7-10,12-13,19H2,1-5H3,(H,38,41)(H,42,43). The van der Waals surface area contributed by atoms with Gasteiger partial charge in [-0.1, -0.05) is 6.07 Å². The van der Waals surface area contributed by atoms with Crippen LogP contribution >= 0.6 is 0 Å². The van der Waals surface area contributed by atoms with Gasteiger partial charge in [-0.15, -0.1) is 0 Å². The number of amides is 2. The van der Waals surface area contributed by atoms with Crippen molar-refractivity contribution < 1.29 is 33.7 Å². The molecule has 246 valence electrons. The summed E-state index contributed by atoms with van der Waals surface area (Å²) in [6.45, 7) is 7.02. The van der Waals surface area contributed by atoms with Gasteiger partial charge in [-0.2, -0.15) is 0 Å². The zero-order valence-electron chi connectivity index (χ0n) is 26.9. The Bertz CT molecular complexity index is 1680. The van der Waals surface area contributed by atoms with Crippen LogP contribution in [0.4, 0.5) is 9.18 Å². The second kappa shape index (κ2) is 12.8. The number of carboxylic acid groups (broad SMARTS) is 1. The van der Waals surface area contributed by atoms with E-state index in [1.54, 1.807) is 53.1 Å². The predicted molar refractivity (Wildman–Crippen MR) is 171 cm³/mol. The van der Waals surface area contributed by atoms with Crippen LogP contribution < -0.4 is 25.7 Å². The summed E-state index contributed by atoms with van der Waals surface area (Å²) in [5.74, 6) is 0.859. The van der Waals surface area contributed by atoms with Crippen LogP contribution in [0, 0.1) is 25.1 Å². The molecule has 0 spiro atoms. The number of benzene rings is 2. The van der Waals surface area contributed by atoms with Crippen molar-refractivity contribution in [2.24, 2.45) is 12.5 Å². The van der Waals surface area contributed by atoms with Crippen LogP contribution in [-0.4, -0.2) is 45.5 Å². The van der Waals surface area contributed by atoms with Crippen LogP contribution in [0.15, 0.2) is 47.4 Å². The third-order valence-electron chi connectivity index (χ3n) is 9.02. The van der Waals surface area contributed by atoms with Gasteiger partial charge in [-0.25, -0.2) is 9.18 Å². The first kappa shape index (κ1) is 33.0. The number of halogens is 1. The maximum absolute atomic E-state index is 14.1. The molecule has 2 aliphatic rings. The van der Waals surface area contributed by atoms with Crippen LogP contribution in [0.2, 0.25) is 0 Å². The third-order valence-corrected chi connectivity index (χ3v) is 9.02. The van der Waals surface area contributed by atoms with Crippen molar-refractivity contribution in [3.05, 3.63) is 75.5 Å². The van der Waals surface area contributed by atoms with Crippen molar-refractivity contribution in [1.82, 2.24) is 15.2 Å². The van der Waals surface area contributed by atoms with Crippen molar-refractivity contribution in [3.63, 3.8) is 0 Å². The van der Waals surface area contributed by atoms with Crippen molar-refractivity contribution in [1.29, 1.82) is 0 Å². The molecule has 3 aromatic rings. The van der Waals surface area contributed by atoms with E-state index in [1.807, 2.05) is 6.07 Å². The lowest BCUT2D eigenvalue weighted by Crippen LogP contribution is -2.46. The first-order valence-electron chi connectivity index (χ1n) is 15.6. The summed E-state index contributed by atoms with van der Waals surface area (Å²) in [5, 5.41) is 25.2. The SMILES string of the molecule is Cc1cc(F)cc(C)c1Oc1ccc(C(C)(C)O)cc1-c1cn(C)c(=O)cc1OC1CCC(NC(=O)C2(CNC(=O)O)CC2)CC1. The van der Waals surface area contributed by atoms with E-state index in [0.29, 0.717) is 83.6 Å². The Morgan fingerprint density at radius 3 is 2.26 bits per heavy atom. The lowest BCUT2D eigenvalue weighted by atomic mass is 9.91. The highest BCUT2D eigenvalue weighted by molar-refractivity contribution is 5.86. The third kappa shape index (κ3) is 7.36. The fourth-order valence-corrected chi connectivity index (χ4v) is 6.01. The van der Waals surface area contributed by atoms with Crippen LogP contribution in [0.5, 0.6) is 17.2 Å². The molecular weight excluding hydrogens is 593 g/mol. The molecule has 0 atom stereocenters. The number of nitrogens with one attached hydrogen (secondary N) is 2. The number of rotatable bonds is 10. The number of aromatic nitrogens is 1. The minimum atomic E-state index is -1.16. The largest absolute Gasteiger partial charge is 0.490 e. The van der Waals surface area contributed by atoms with E-state index >= 15 is 0 Å². The quantitative estimate of drug-likeness (QED) is 0.225. The van der Waals surface area contributed by atoms with E-state index in [1.165, 1.54) is 22.8 Å². The zero-order chi connectivity index (χ0) is 33.4. The van der Waals surface area contributed by atoms with Crippen molar-refractivity contribution in [2.45, 2.75) is 84.0 Å². The predicted octanol–water partition coefficient (Wildman–Crippen LogP) is 5.68. The van der Waals surface area contributed by atoms with E-state index < -0.39 is 17.1 Å². The summed E-state index contributed by atoms with van der Waals surface area (Å²) in [6, 6.07) is 9.55. The summed E-state index contributed by atoms with van der Waals surface area (Å²) >= 11 is 0.